The van der Waals surface area contributed by atoms with E-state index in [1.54, 1.807) is 49.0 Å². The van der Waals surface area contributed by atoms with E-state index in [-0.39, 0.29) is 58.9 Å². The molecule has 13 heteroatoms. The van der Waals surface area contributed by atoms with Crippen LogP contribution in [0.3, 0.4) is 0 Å². The monoisotopic (exact) mass is 610 g/mol. The Kier molecular flexibility index (Phi) is 8.12. The normalized spacial score (nSPS) is 18.5. The highest BCUT2D eigenvalue weighted by Crippen LogP contribution is 2.36. The first-order valence-electron chi connectivity index (χ1n) is 13.6. The molecule has 43 heavy (non-hydrogen) atoms. The molecule has 0 saturated heterocycles. The maximum Gasteiger partial charge on any atom is 0.387 e. The van der Waals surface area contributed by atoms with Crippen molar-refractivity contribution in [2.24, 2.45) is 0 Å². The fraction of sp³-hybridized carbons (Fsp3) is 0.367. The van der Waals surface area contributed by atoms with Crippen LogP contribution in [-0.4, -0.2) is 75.5 Å². The van der Waals surface area contributed by atoms with Gasteiger partial charge in [0.15, 0.2) is 0 Å². The van der Waals surface area contributed by atoms with Gasteiger partial charge in [-0.1, -0.05) is 23.7 Å². The van der Waals surface area contributed by atoms with E-state index in [2.05, 4.69) is 4.74 Å². The van der Waals surface area contributed by atoms with Crippen molar-refractivity contribution in [3.8, 4) is 11.8 Å². The van der Waals surface area contributed by atoms with Crippen LogP contribution in [0.4, 0.5) is 8.78 Å². The molecule has 3 amide bonds. The fourth-order valence-corrected chi connectivity index (χ4v) is 5.76. The average Bonchev–Trinajstić information content (AvgIpc) is 3.34. The van der Waals surface area contributed by atoms with Gasteiger partial charge >= 0.3 is 6.61 Å². The molecule has 2 aromatic carbocycles. The number of fused-ring (bicyclic) bond motifs is 3. The first kappa shape index (κ1) is 30.0. The third kappa shape index (κ3) is 5.52. The van der Waals surface area contributed by atoms with Crippen LogP contribution in [0.2, 0.25) is 5.02 Å². The molecular formula is C30H29ClF2N6O4. The Labute approximate surface area is 252 Å². The van der Waals surface area contributed by atoms with Gasteiger partial charge in [0.05, 0.1) is 35.4 Å². The topological polar surface area (TPSA) is 112 Å². The first-order chi connectivity index (χ1) is 20.4. The predicted molar refractivity (Wildman–Crippen MR) is 152 cm³/mol. The molecule has 0 fully saturated rings. The van der Waals surface area contributed by atoms with E-state index in [0.717, 1.165) is 0 Å². The molecule has 224 valence electrons. The molecule has 5 rings (SSSR count). The number of hydrogen-bond acceptors (Lipinski definition) is 6. The number of halogens is 3. The first-order valence-corrected chi connectivity index (χ1v) is 14.0. The van der Waals surface area contributed by atoms with E-state index in [4.69, 9.17) is 16.7 Å². The highest BCUT2D eigenvalue weighted by Gasteiger charge is 2.44. The minimum atomic E-state index is -2.96. The lowest BCUT2D eigenvalue weighted by molar-refractivity contribution is -0.133. The van der Waals surface area contributed by atoms with Crippen molar-refractivity contribution >= 4 is 29.3 Å². The number of ether oxygens (including phenoxy) is 1. The zero-order valence-corrected chi connectivity index (χ0v) is 24.7. The summed E-state index contributed by atoms with van der Waals surface area (Å²) in [5, 5.41) is 14.3. The molecule has 0 N–H and O–H groups in total. The summed E-state index contributed by atoms with van der Waals surface area (Å²) < 4.78 is 31.2. The number of hydrogen-bond donors (Lipinski definition) is 0. The SMILES string of the molecule is CC(c1ccc(OC(F)F)cc1)N1C[C@@H](C(=O)N(C)C)n2nc3c(c2C1=O)CN(C(=O)c1ccc(Cl)c(C#N)c1)[C@H](C)C3. The number of nitriles is 1. The van der Waals surface area contributed by atoms with Crippen LogP contribution >= 0.6 is 11.6 Å². The second-order valence-electron chi connectivity index (χ2n) is 10.8. The lowest BCUT2D eigenvalue weighted by atomic mass is 9.96. The van der Waals surface area contributed by atoms with E-state index >= 15 is 0 Å². The van der Waals surface area contributed by atoms with Crippen molar-refractivity contribution in [2.75, 3.05) is 20.6 Å². The summed E-state index contributed by atoms with van der Waals surface area (Å²) >= 11 is 6.07. The molecule has 3 aromatic rings. The smallest absolute Gasteiger partial charge is 0.387 e. The van der Waals surface area contributed by atoms with Gasteiger partial charge in [0.1, 0.15) is 23.6 Å². The molecule has 10 nitrogen and oxygen atoms in total. The molecule has 1 aromatic heterocycles. The van der Waals surface area contributed by atoms with Crippen LogP contribution in [0.15, 0.2) is 42.5 Å². The zero-order chi connectivity index (χ0) is 31.2. The number of amides is 3. The van der Waals surface area contributed by atoms with Crippen LogP contribution in [-0.2, 0) is 17.8 Å². The van der Waals surface area contributed by atoms with Gasteiger partial charge in [0.2, 0.25) is 5.91 Å². The van der Waals surface area contributed by atoms with E-state index < -0.39 is 18.7 Å². The number of nitrogens with zero attached hydrogens (tertiary/aromatic N) is 6. The van der Waals surface area contributed by atoms with Crippen molar-refractivity contribution < 1.29 is 27.9 Å². The summed E-state index contributed by atoms with van der Waals surface area (Å²) in [5.74, 6) is -0.952. The second-order valence-corrected chi connectivity index (χ2v) is 11.2. The van der Waals surface area contributed by atoms with Crippen LogP contribution in [0.5, 0.6) is 5.75 Å². The summed E-state index contributed by atoms with van der Waals surface area (Å²) in [6.45, 7) is 0.826. The molecule has 0 spiro atoms. The van der Waals surface area contributed by atoms with Crippen LogP contribution in [0, 0.1) is 11.3 Å². The Balaban J connectivity index is 1.52. The number of benzene rings is 2. The van der Waals surface area contributed by atoms with Crippen molar-refractivity contribution in [1.82, 2.24) is 24.5 Å². The minimum absolute atomic E-state index is 0.00909. The van der Waals surface area contributed by atoms with Gasteiger partial charge in [0, 0.05) is 37.7 Å². The van der Waals surface area contributed by atoms with Crippen LogP contribution < -0.4 is 4.74 Å². The third-order valence-electron chi connectivity index (χ3n) is 7.94. The molecule has 0 bridgehead atoms. The van der Waals surface area contributed by atoms with E-state index in [0.29, 0.717) is 28.8 Å². The molecule has 3 atom stereocenters. The standard InChI is InChI=1S/C30H29ClF2N6O4/c1-16-11-24-22(14-37(16)27(40)19-7-10-23(31)20(12-19)13-34)26-29(42)38(15-25(39(26)35-24)28(41)36(3)4)17(2)18-5-8-21(9-6-18)43-30(32)33/h5-10,12,16-17,25,30H,11,14-15H2,1-4H3/t16-,17?,25+/m1/s1. The van der Waals surface area contributed by atoms with Crippen molar-refractivity contribution in [3.05, 3.63) is 81.1 Å². The number of aromatic nitrogens is 2. The summed E-state index contributed by atoms with van der Waals surface area (Å²) in [6.07, 6.45) is 0.358. The quantitative estimate of drug-likeness (QED) is 0.408. The van der Waals surface area contributed by atoms with E-state index in [9.17, 15) is 28.4 Å². The average molecular weight is 611 g/mol. The lowest BCUT2D eigenvalue weighted by Crippen LogP contribution is -2.49. The molecule has 2 aliphatic rings. The van der Waals surface area contributed by atoms with Gasteiger partial charge < -0.3 is 19.4 Å². The zero-order valence-electron chi connectivity index (χ0n) is 23.9. The van der Waals surface area contributed by atoms with Gasteiger partial charge in [-0.2, -0.15) is 19.1 Å². The number of alkyl halides is 2. The van der Waals surface area contributed by atoms with Crippen LogP contribution in [0.1, 0.15) is 69.2 Å². The molecule has 0 radical (unpaired) electrons. The third-order valence-corrected chi connectivity index (χ3v) is 8.27. The summed E-state index contributed by atoms with van der Waals surface area (Å²) in [7, 11) is 3.25. The highest BCUT2D eigenvalue weighted by atomic mass is 35.5. The van der Waals surface area contributed by atoms with Crippen molar-refractivity contribution in [1.29, 1.82) is 5.26 Å². The van der Waals surface area contributed by atoms with Gasteiger partial charge in [-0.3, -0.25) is 14.4 Å². The van der Waals surface area contributed by atoms with Crippen LogP contribution in [0.25, 0.3) is 0 Å². The highest BCUT2D eigenvalue weighted by molar-refractivity contribution is 6.31. The maximum absolute atomic E-state index is 14.1. The summed E-state index contributed by atoms with van der Waals surface area (Å²) in [6, 6.07) is 10.9. The Morgan fingerprint density at radius 1 is 1.19 bits per heavy atom. The van der Waals surface area contributed by atoms with Gasteiger partial charge in [-0.05, 0) is 49.7 Å². The van der Waals surface area contributed by atoms with Crippen molar-refractivity contribution in [3.63, 3.8) is 0 Å². The number of carbonyl (C=O) groups is 3. The number of rotatable bonds is 6. The molecule has 0 saturated carbocycles. The van der Waals surface area contributed by atoms with Gasteiger partial charge in [-0.15, -0.1) is 0 Å². The maximum atomic E-state index is 14.1. The molecule has 0 aliphatic carbocycles. The Hall–Kier alpha value is -4.50. The van der Waals surface area contributed by atoms with E-state index in [1.165, 1.54) is 33.8 Å². The summed E-state index contributed by atoms with van der Waals surface area (Å²) in [5.41, 5.74) is 2.55. The Morgan fingerprint density at radius 2 is 1.88 bits per heavy atom. The lowest BCUT2D eigenvalue weighted by Gasteiger charge is -2.38. The van der Waals surface area contributed by atoms with Crippen molar-refractivity contribution in [2.45, 2.75) is 51.6 Å². The van der Waals surface area contributed by atoms with Gasteiger partial charge in [0.25, 0.3) is 11.8 Å². The largest absolute Gasteiger partial charge is 0.435 e. The minimum Gasteiger partial charge on any atom is -0.435 e. The number of likely N-dealkylation sites (N-methyl/N-ethyl adjacent to an activating group) is 1. The predicted octanol–water partition coefficient (Wildman–Crippen LogP) is 4.44. The molecule has 3 heterocycles. The number of carbonyl (C=O) groups excluding carboxylic acids is 3. The molecular weight excluding hydrogens is 582 g/mol. The van der Waals surface area contributed by atoms with Gasteiger partial charge in [-0.25, -0.2) is 4.68 Å². The van der Waals surface area contributed by atoms with E-state index in [1.807, 2.05) is 13.0 Å². The fourth-order valence-electron chi connectivity index (χ4n) is 5.60. The Morgan fingerprint density at radius 3 is 2.51 bits per heavy atom. The molecule has 1 unspecified atom stereocenters. The summed E-state index contributed by atoms with van der Waals surface area (Å²) in [4.78, 5) is 45.7. The molecule has 2 aliphatic heterocycles. The second kappa shape index (κ2) is 11.6. The Bertz CT molecular complexity index is 1630.